The Bertz CT molecular complexity index is 712. The minimum Gasteiger partial charge on any atom is -0.497 e. The van der Waals surface area contributed by atoms with E-state index < -0.39 is 0 Å². The summed E-state index contributed by atoms with van der Waals surface area (Å²) in [6.07, 6.45) is 3.44. The molecule has 2 aromatic rings. The van der Waals surface area contributed by atoms with E-state index in [9.17, 15) is 4.79 Å². The van der Waals surface area contributed by atoms with Gasteiger partial charge in [0.15, 0.2) is 6.61 Å². The quantitative estimate of drug-likeness (QED) is 0.750. The standard InChI is InChI=1S/C20H23NO4/c1-23-17-7-9-18(10-8-17)24-12-11-21-20(22)14-25-19-6-5-15-3-2-4-16(15)13-19/h5-10,13H,2-4,11-12,14H2,1H3,(H,21,22). The number of hydrogen-bond donors (Lipinski definition) is 1. The van der Waals surface area contributed by atoms with Crippen LogP contribution in [0.5, 0.6) is 17.2 Å². The van der Waals surface area contributed by atoms with Gasteiger partial charge in [0, 0.05) is 0 Å². The Labute approximate surface area is 147 Å². The summed E-state index contributed by atoms with van der Waals surface area (Å²) in [6.45, 7) is 0.844. The Hall–Kier alpha value is -2.69. The molecule has 3 rings (SSSR count). The Kier molecular flexibility index (Phi) is 5.77. The molecule has 1 aliphatic rings. The van der Waals surface area contributed by atoms with Crippen molar-refractivity contribution in [3.8, 4) is 17.2 Å². The van der Waals surface area contributed by atoms with Crippen LogP contribution >= 0.6 is 0 Å². The fourth-order valence-corrected chi connectivity index (χ4v) is 2.87. The molecule has 1 aliphatic carbocycles. The monoisotopic (exact) mass is 341 g/mol. The maximum Gasteiger partial charge on any atom is 0.258 e. The van der Waals surface area contributed by atoms with Gasteiger partial charge in [0.2, 0.25) is 0 Å². The summed E-state index contributed by atoms with van der Waals surface area (Å²) in [6, 6.07) is 13.4. The molecule has 1 amide bonds. The summed E-state index contributed by atoms with van der Waals surface area (Å²) in [5, 5.41) is 2.78. The highest BCUT2D eigenvalue weighted by Gasteiger charge is 2.11. The van der Waals surface area contributed by atoms with Crippen LogP contribution in [-0.4, -0.2) is 32.8 Å². The molecule has 2 aromatic carbocycles. The van der Waals surface area contributed by atoms with E-state index in [0.717, 1.165) is 30.1 Å². The van der Waals surface area contributed by atoms with Gasteiger partial charge in [0.05, 0.1) is 13.7 Å². The summed E-state index contributed by atoms with van der Waals surface area (Å²) in [5.41, 5.74) is 2.73. The molecule has 0 unspecified atom stereocenters. The zero-order valence-corrected chi connectivity index (χ0v) is 14.4. The lowest BCUT2D eigenvalue weighted by Gasteiger charge is -2.10. The summed E-state index contributed by atoms with van der Waals surface area (Å²) >= 11 is 0. The molecule has 1 N–H and O–H groups in total. The highest BCUT2D eigenvalue weighted by Crippen LogP contribution is 2.25. The number of rotatable bonds is 8. The van der Waals surface area contributed by atoms with Crippen molar-refractivity contribution in [2.45, 2.75) is 19.3 Å². The maximum absolute atomic E-state index is 11.8. The lowest BCUT2D eigenvalue weighted by atomic mass is 10.1. The first-order valence-corrected chi connectivity index (χ1v) is 8.53. The minimum absolute atomic E-state index is 0.0152. The maximum atomic E-state index is 11.8. The van der Waals surface area contributed by atoms with E-state index >= 15 is 0 Å². The van der Waals surface area contributed by atoms with E-state index in [1.54, 1.807) is 7.11 Å². The molecule has 0 radical (unpaired) electrons. The molecule has 5 nitrogen and oxygen atoms in total. The van der Waals surface area contributed by atoms with E-state index in [0.29, 0.717) is 13.2 Å². The third-order valence-electron chi connectivity index (χ3n) is 4.19. The van der Waals surface area contributed by atoms with E-state index in [-0.39, 0.29) is 12.5 Å². The third kappa shape index (κ3) is 4.89. The van der Waals surface area contributed by atoms with Crippen molar-refractivity contribution < 1.29 is 19.0 Å². The second-order valence-electron chi connectivity index (χ2n) is 5.95. The number of ether oxygens (including phenoxy) is 3. The summed E-state index contributed by atoms with van der Waals surface area (Å²) in [7, 11) is 1.62. The fourth-order valence-electron chi connectivity index (χ4n) is 2.87. The average molecular weight is 341 g/mol. The van der Waals surface area contributed by atoms with Crippen molar-refractivity contribution >= 4 is 5.91 Å². The van der Waals surface area contributed by atoms with Gasteiger partial charge in [-0.15, -0.1) is 0 Å². The van der Waals surface area contributed by atoms with Gasteiger partial charge in [-0.3, -0.25) is 4.79 Å². The molecule has 0 atom stereocenters. The fraction of sp³-hybridized carbons (Fsp3) is 0.350. The number of aryl methyl sites for hydroxylation is 2. The summed E-state index contributed by atoms with van der Waals surface area (Å²) < 4.78 is 16.2. The first-order chi connectivity index (χ1) is 12.2. The molecule has 0 fully saturated rings. The molecule has 0 saturated carbocycles. The van der Waals surface area contributed by atoms with Crippen LogP contribution in [0.25, 0.3) is 0 Å². The van der Waals surface area contributed by atoms with Gasteiger partial charge in [-0.25, -0.2) is 0 Å². The lowest BCUT2D eigenvalue weighted by Crippen LogP contribution is -2.32. The number of nitrogens with one attached hydrogen (secondary N) is 1. The van der Waals surface area contributed by atoms with Crippen LogP contribution in [-0.2, 0) is 17.6 Å². The minimum atomic E-state index is -0.154. The number of hydrogen-bond acceptors (Lipinski definition) is 4. The van der Waals surface area contributed by atoms with Crippen molar-refractivity contribution in [3.63, 3.8) is 0 Å². The first-order valence-electron chi connectivity index (χ1n) is 8.53. The van der Waals surface area contributed by atoms with Crippen LogP contribution in [0.15, 0.2) is 42.5 Å². The second kappa shape index (κ2) is 8.42. The van der Waals surface area contributed by atoms with Crippen LogP contribution in [0.4, 0.5) is 0 Å². The number of fused-ring (bicyclic) bond motifs is 1. The molecular weight excluding hydrogens is 318 g/mol. The van der Waals surface area contributed by atoms with Crippen molar-refractivity contribution in [1.29, 1.82) is 0 Å². The van der Waals surface area contributed by atoms with Crippen LogP contribution in [0.1, 0.15) is 17.5 Å². The third-order valence-corrected chi connectivity index (χ3v) is 4.19. The number of benzene rings is 2. The number of methoxy groups -OCH3 is 1. The van der Waals surface area contributed by atoms with Crippen LogP contribution in [0.3, 0.4) is 0 Å². The van der Waals surface area contributed by atoms with Gasteiger partial charge in [-0.2, -0.15) is 0 Å². The molecule has 0 aromatic heterocycles. The molecule has 0 heterocycles. The first kappa shape index (κ1) is 17.1. The zero-order chi connectivity index (χ0) is 17.5. The van der Waals surface area contributed by atoms with Crippen molar-refractivity contribution in [3.05, 3.63) is 53.6 Å². The predicted molar refractivity (Wildman–Crippen MR) is 95.5 cm³/mol. The Morgan fingerprint density at radius 1 is 0.960 bits per heavy atom. The molecule has 0 bridgehead atoms. The van der Waals surface area contributed by atoms with E-state index in [2.05, 4.69) is 11.4 Å². The Morgan fingerprint density at radius 2 is 1.68 bits per heavy atom. The van der Waals surface area contributed by atoms with Crippen molar-refractivity contribution in [1.82, 2.24) is 5.32 Å². The molecular formula is C20H23NO4. The summed E-state index contributed by atoms with van der Waals surface area (Å²) in [5.74, 6) is 2.12. The van der Waals surface area contributed by atoms with Gasteiger partial charge in [-0.1, -0.05) is 6.07 Å². The van der Waals surface area contributed by atoms with Gasteiger partial charge in [0.1, 0.15) is 23.9 Å². The summed E-state index contributed by atoms with van der Waals surface area (Å²) in [4.78, 5) is 11.8. The SMILES string of the molecule is COc1ccc(OCCNC(=O)COc2ccc3c(c2)CCC3)cc1. The molecule has 0 aliphatic heterocycles. The largest absolute Gasteiger partial charge is 0.497 e. The van der Waals surface area contributed by atoms with Crippen LogP contribution in [0, 0.1) is 0 Å². The van der Waals surface area contributed by atoms with Gasteiger partial charge in [-0.05, 0) is 66.8 Å². The molecule has 0 saturated heterocycles. The average Bonchev–Trinajstić information content (AvgIpc) is 3.12. The molecule has 5 heteroatoms. The number of amides is 1. The van der Waals surface area contributed by atoms with Crippen molar-refractivity contribution in [2.75, 3.05) is 26.9 Å². The molecule has 132 valence electrons. The lowest BCUT2D eigenvalue weighted by molar-refractivity contribution is -0.123. The van der Waals surface area contributed by atoms with E-state index in [4.69, 9.17) is 14.2 Å². The van der Waals surface area contributed by atoms with Gasteiger partial charge < -0.3 is 19.5 Å². The normalized spacial score (nSPS) is 12.4. The predicted octanol–water partition coefficient (Wildman–Crippen LogP) is 2.76. The highest BCUT2D eigenvalue weighted by atomic mass is 16.5. The van der Waals surface area contributed by atoms with Crippen LogP contribution in [0.2, 0.25) is 0 Å². The van der Waals surface area contributed by atoms with Crippen LogP contribution < -0.4 is 19.5 Å². The van der Waals surface area contributed by atoms with Crippen molar-refractivity contribution in [2.24, 2.45) is 0 Å². The van der Waals surface area contributed by atoms with Gasteiger partial charge in [0.25, 0.3) is 5.91 Å². The topological polar surface area (TPSA) is 56.8 Å². The number of carbonyl (C=O) groups excluding carboxylic acids is 1. The van der Waals surface area contributed by atoms with E-state index in [1.807, 2.05) is 36.4 Å². The smallest absolute Gasteiger partial charge is 0.258 e. The van der Waals surface area contributed by atoms with E-state index in [1.165, 1.54) is 17.5 Å². The molecule has 25 heavy (non-hydrogen) atoms. The van der Waals surface area contributed by atoms with Gasteiger partial charge >= 0.3 is 0 Å². The zero-order valence-electron chi connectivity index (χ0n) is 14.4. The second-order valence-corrected chi connectivity index (χ2v) is 5.95. The Balaban J connectivity index is 1.34. The highest BCUT2D eigenvalue weighted by molar-refractivity contribution is 5.77. The molecule has 0 spiro atoms. The number of carbonyl (C=O) groups is 1. The Morgan fingerprint density at radius 3 is 2.48 bits per heavy atom.